The predicted octanol–water partition coefficient (Wildman–Crippen LogP) is 1.82. The molecule has 0 spiro atoms. The molecule has 1 heterocycles. The van der Waals surface area contributed by atoms with Crippen LogP contribution in [0.5, 0.6) is 0 Å². The second-order valence-corrected chi connectivity index (χ2v) is 4.79. The van der Waals surface area contributed by atoms with Crippen LogP contribution >= 0.6 is 0 Å². The van der Waals surface area contributed by atoms with Crippen molar-refractivity contribution in [1.29, 1.82) is 5.26 Å². The Hall–Kier alpha value is -1.57. The van der Waals surface area contributed by atoms with Crippen molar-refractivity contribution in [3.8, 4) is 6.07 Å². The zero-order valence-electron chi connectivity index (χ0n) is 10.6. The van der Waals surface area contributed by atoms with Crippen LogP contribution < -0.4 is 5.32 Å². The zero-order chi connectivity index (χ0) is 13.0. The van der Waals surface area contributed by atoms with Crippen molar-refractivity contribution in [2.45, 2.75) is 25.3 Å². The molecule has 0 aliphatic carbocycles. The summed E-state index contributed by atoms with van der Waals surface area (Å²) < 4.78 is 5.33. The fraction of sp³-hybridized carbons (Fsp3) is 0.500. The van der Waals surface area contributed by atoms with E-state index in [1.165, 1.54) is 0 Å². The van der Waals surface area contributed by atoms with Crippen LogP contribution in [0.2, 0.25) is 0 Å². The highest BCUT2D eigenvalue weighted by molar-refractivity contribution is 5.63. The van der Waals surface area contributed by atoms with Crippen LogP contribution in [-0.4, -0.2) is 30.5 Å². The van der Waals surface area contributed by atoms with Gasteiger partial charge in [-0.2, -0.15) is 5.26 Å². The molecule has 1 aromatic rings. The fourth-order valence-corrected chi connectivity index (χ4v) is 2.28. The zero-order valence-corrected chi connectivity index (χ0v) is 10.6. The third-order valence-corrected chi connectivity index (χ3v) is 3.54. The van der Waals surface area contributed by atoms with Gasteiger partial charge in [0.1, 0.15) is 6.07 Å². The van der Waals surface area contributed by atoms with Crippen molar-refractivity contribution in [2.24, 2.45) is 0 Å². The summed E-state index contributed by atoms with van der Waals surface area (Å²) in [5, 5.41) is 22.2. The Balaban J connectivity index is 2.30. The summed E-state index contributed by atoms with van der Waals surface area (Å²) in [4.78, 5) is 0. The van der Waals surface area contributed by atoms with Gasteiger partial charge in [0, 0.05) is 13.2 Å². The number of aliphatic hydroxyl groups is 1. The highest BCUT2D eigenvalue weighted by Crippen LogP contribution is 2.29. The van der Waals surface area contributed by atoms with E-state index < -0.39 is 0 Å². The SMILES string of the molecule is Cc1cccc(C#N)c1NC1(CO)CCOCC1. The van der Waals surface area contributed by atoms with Crippen LogP contribution in [-0.2, 0) is 4.74 Å². The van der Waals surface area contributed by atoms with Crippen molar-refractivity contribution in [3.63, 3.8) is 0 Å². The smallest absolute Gasteiger partial charge is 0.101 e. The van der Waals surface area contributed by atoms with Crippen LogP contribution in [0.3, 0.4) is 0 Å². The predicted molar refractivity (Wildman–Crippen MR) is 69.4 cm³/mol. The fourth-order valence-electron chi connectivity index (χ4n) is 2.28. The van der Waals surface area contributed by atoms with Crippen molar-refractivity contribution < 1.29 is 9.84 Å². The lowest BCUT2D eigenvalue weighted by Gasteiger charge is -2.38. The Morgan fingerprint density at radius 2 is 2.17 bits per heavy atom. The molecule has 18 heavy (non-hydrogen) atoms. The Morgan fingerprint density at radius 1 is 1.44 bits per heavy atom. The van der Waals surface area contributed by atoms with Crippen LogP contribution in [0.1, 0.15) is 24.0 Å². The number of hydrogen-bond donors (Lipinski definition) is 2. The van der Waals surface area contributed by atoms with E-state index in [2.05, 4.69) is 11.4 Å². The minimum Gasteiger partial charge on any atom is -0.394 e. The molecule has 0 amide bonds. The van der Waals surface area contributed by atoms with E-state index in [1.807, 2.05) is 19.1 Å². The maximum absolute atomic E-state index is 9.66. The van der Waals surface area contributed by atoms with Crippen LogP contribution in [0.25, 0.3) is 0 Å². The molecule has 2 N–H and O–H groups in total. The van der Waals surface area contributed by atoms with Gasteiger partial charge in [0.05, 0.1) is 23.4 Å². The third kappa shape index (κ3) is 2.47. The molecule has 2 rings (SSSR count). The molecule has 1 aromatic carbocycles. The van der Waals surface area contributed by atoms with E-state index in [9.17, 15) is 5.11 Å². The number of nitrogens with zero attached hydrogens (tertiary/aromatic N) is 1. The molecule has 0 saturated carbocycles. The summed E-state index contributed by atoms with van der Waals surface area (Å²) >= 11 is 0. The number of benzene rings is 1. The van der Waals surface area contributed by atoms with Crippen molar-refractivity contribution >= 4 is 5.69 Å². The summed E-state index contributed by atoms with van der Waals surface area (Å²) in [5.41, 5.74) is 2.11. The molecule has 1 saturated heterocycles. The monoisotopic (exact) mass is 246 g/mol. The van der Waals surface area contributed by atoms with Gasteiger partial charge in [0.15, 0.2) is 0 Å². The average molecular weight is 246 g/mol. The third-order valence-electron chi connectivity index (χ3n) is 3.54. The summed E-state index contributed by atoms with van der Waals surface area (Å²) in [6.45, 7) is 3.30. The maximum atomic E-state index is 9.66. The van der Waals surface area contributed by atoms with Gasteiger partial charge in [0.25, 0.3) is 0 Å². The maximum Gasteiger partial charge on any atom is 0.101 e. The van der Waals surface area contributed by atoms with E-state index >= 15 is 0 Å². The normalized spacial score (nSPS) is 18.1. The molecular formula is C14H18N2O2. The second-order valence-electron chi connectivity index (χ2n) is 4.79. The molecule has 4 nitrogen and oxygen atoms in total. The van der Waals surface area contributed by atoms with E-state index in [4.69, 9.17) is 10.00 Å². The number of aryl methyl sites for hydroxylation is 1. The molecule has 1 aliphatic heterocycles. The topological polar surface area (TPSA) is 65.3 Å². The van der Waals surface area contributed by atoms with Gasteiger partial charge in [0.2, 0.25) is 0 Å². The van der Waals surface area contributed by atoms with Crippen molar-refractivity contribution in [1.82, 2.24) is 0 Å². The molecule has 0 aromatic heterocycles. The molecular weight excluding hydrogens is 228 g/mol. The summed E-state index contributed by atoms with van der Waals surface area (Å²) in [6, 6.07) is 7.82. The van der Waals surface area contributed by atoms with E-state index in [0.29, 0.717) is 18.8 Å². The molecule has 0 radical (unpaired) electrons. The summed E-state index contributed by atoms with van der Waals surface area (Å²) in [6.07, 6.45) is 1.51. The first-order valence-electron chi connectivity index (χ1n) is 6.17. The van der Waals surface area contributed by atoms with Crippen molar-refractivity contribution in [2.75, 3.05) is 25.1 Å². The number of nitrogens with one attached hydrogen (secondary N) is 1. The number of nitriles is 1. The number of rotatable bonds is 3. The van der Waals surface area contributed by atoms with Crippen LogP contribution in [0, 0.1) is 18.3 Å². The first kappa shape index (κ1) is 12.9. The Kier molecular flexibility index (Phi) is 3.85. The van der Waals surface area contributed by atoms with Crippen molar-refractivity contribution in [3.05, 3.63) is 29.3 Å². The van der Waals surface area contributed by atoms with Gasteiger partial charge >= 0.3 is 0 Å². The quantitative estimate of drug-likeness (QED) is 0.853. The van der Waals surface area contributed by atoms with Gasteiger partial charge in [-0.25, -0.2) is 0 Å². The number of ether oxygens (including phenoxy) is 1. The lowest BCUT2D eigenvalue weighted by atomic mass is 9.90. The number of para-hydroxylation sites is 1. The number of anilines is 1. The van der Waals surface area contributed by atoms with E-state index in [1.54, 1.807) is 6.07 Å². The molecule has 1 aliphatic rings. The molecule has 0 bridgehead atoms. The van der Waals surface area contributed by atoms with Gasteiger partial charge in [-0.3, -0.25) is 0 Å². The van der Waals surface area contributed by atoms with Gasteiger partial charge < -0.3 is 15.2 Å². The van der Waals surface area contributed by atoms with E-state index in [-0.39, 0.29) is 12.1 Å². The van der Waals surface area contributed by atoms with Crippen LogP contribution in [0.15, 0.2) is 18.2 Å². The minimum absolute atomic E-state index is 0.0512. The first-order valence-corrected chi connectivity index (χ1v) is 6.17. The highest BCUT2D eigenvalue weighted by atomic mass is 16.5. The van der Waals surface area contributed by atoms with Crippen LogP contribution in [0.4, 0.5) is 5.69 Å². The largest absolute Gasteiger partial charge is 0.394 e. The molecule has 96 valence electrons. The van der Waals surface area contributed by atoms with Gasteiger partial charge in [-0.05, 0) is 31.4 Å². The minimum atomic E-state index is -0.365. The first-order chi connectivity index (χ1) is 8.71. The van der Waals surface area contributed by atoms with Gasteiger partial charge in [-0.1, -0.05) is 12.1 Å². The molecule has 4 heteroatoms. The number of hydrogen-bond acceptors (Lipinski definition) is 4. The second kappa shape index (κ2) is 5.38. The van der Waals surface area contributed by atoms with E-state index in [0.717, 1.165) is 24.1 Å². The highest BCUT2D eigenvalue weighted by Gasteiger charge is 2.32. The average Bonchev–Trinajstić information content (AvgIpc) is 2.42. The molecule has 1 fully saturated rings. The lowest BCUT2D eigenvalue weighted by molar-refractivity contribution is 0.0379. The summed E-state index contributed by atoms with van der Waals surface area (Å²) in [7, 11) is 0. The summed E-state index contributed by atoms with van der Waals surface area (Å²) in [5.74, 6) is 0. The standard InChI is InChI=1S/C14H18N2O2/c1-11-3-2-4-12(9-15)13(11)16-14(10-17)5-7-18-8-6-14/h2-4,16-17H,5-8,10H2,1H3. The molecule has 0 atom stereocenters. The Bertz CT molecular complexity index is 459. The van der Waals surface area contributed by atoms with Gasteiger partial charge in [-0.15, -0.1) is 0 Å². The number of aliphatic hydroxyl groups excluding tert-OH is 1. The Morgan fingerprint density at radius 3 is 2.78 bits per heavy atom. The lowest BCUT2D eigenvalue weighted by Crippen LogP contribution is -2.47. The molecule has 0 unspecified atom stereocenters. The Labute approximate surface area is 107 Å².